The van der Waals surface area contributed by atoms with Crippen molar-refractivity contribution in [3.8, 4) is 0 Å². The van der Waals surface area contributed by atoms with Crippen LogP contribution in [-0.2, 0) is 9.59 Å². The van der Waals surface area contributed by atoms with Crippen molar-refractivity contribution in [3.05, 3.63) is 36.0 Å². The molecule has 5 atom stereocenters. The van der Waals surface area contributed by atoms with Crippen LogP contribution in [-0.4, -0.2) is 54.5 Å². The smallest absolute Gasteiger partial charge is 0.316 e. The number of benzene rings is 1. The first kappa shape index (κ1) is 25.0. The zero-order valence-electron chi connectivity index (χ0n) is 20.4. The van der Waals surface area contributed by atoms with E-state index in [-0.39, 0.29) is 17.7 Å². The first-order valence-electron chi connectivity index (χ1n) is 12.8. The molecule has 1 aromatic carbocycles. The van der Waals surface area contributed by atoms with Crippen molar-refractivity contribution in [1.82, 2.24) is 26.3 Å². The highest BCUT2D eigenvalue weighted by Crippen LogP contribution is 2.29. The Hall–Kier alpha value is -3.07. The number of aromatic amines is 1. The molecule has 2 aromatic rings. The number of hydrogen-bond donors (Lipinski definition) is 6. The molecule has 9 nitrogen and oxygen atoms in total. The van der Waals surface area contributed by atoms with Crippen LogP contribution >= 0.6 is 0 Å². The van der Waals surface area contributed by atoms with Crippen LogP contribution in [0.5, 0.6) is 0 Å². The molecule has 9 heteroatoms. The summed E-state index contributed by atoms with van der Waals surface area (Å²) in [7, 11) is 0. The van der Waals surface area contributed by atoms with E-state index in [4.69, 9.17) is 5.73 Å². The lowest BCUT2D eigenvalue weighted by Gasteiger charge is -2.30. The number of fused-ring (bicyclic) bond motifs is 1. The highest BCUT2D eigenvalue weighted by Gasteiger charge is 2.32. The van der Waals surface area contributed by atoms with E-state index >= 15 is 0 Å². The largest absolute Gasteiger partial charge is 0.361 e. The summed E-state index contributed by atoms with van der Waals surface area (Å²) in [4.78, 5) is 41.7. The van der Waals surface area contributed by atoms with E-state index in [0.717, 1.165) is 48.6 Å². The molecule has 190 valence electrons. The number of rotatable bonds is 8. The molecule has 1 aromatic heterocycles. The predicted molar refractivity (Wildman–Crippen MR) is 136 cm³/mol. The maximum atomic E-state index is 13.4. The Bertz CT molecular complexity index is 1040. The van der Waals surface area contributed by atoms with E-state index in [1.165, 1.54) is 0 Å². The van der Waals surface area contributed by atoms with Crippen molar-refractivity contribution in [3.63, 3.8) is 0 Å². The molecular weight excluding hydrogens is 444 g/mol. The second kappa shape index (κ2) is 11.6. The van der Waals surface area contributed by atoms with Gasteiger partial charge in [0.1, 0.15) is 12.1 Å². The van der Waals surface area contributed by atoms with Crippen molar-refractivity contribution < 1.29 is 14.4 Å². The monoisotopic (exact) mass is 482 g/mol. The van der Waals surface area contributed by atoms with Crippen LogP contribution in [0, 0.1) is 11.8 Å². The number of urea groups is 1. The molecule has 35 heavy (non-hydrogen) atoms. The Kier molecular flexibility index (Phi) is 8.28. The molecule has 4 amide bonds. The minimum Gasteiger partial charge on any atom is -0.361 e. The van der Waals surface area contributed by atoms with Gasteiger partial charge in [-0.15, -0.1) is 0 Å². The lowest BCUT2D eigenvalue weighted by molar-refractivity contribution is -0.124. The average molecular weight is 483 g/mol. The molecule has 2 fully saturated rings. The van der Waals surface area contributed by atoms with Crippen LogP contribution < -0.4 is 27.0 Å². The average Bonchev–Trinajstić information content (AvgIpc) is 3.31. The zero-order chi connectivity index (χ0) is 24.8. The maximum Gasteiger partial charge on any atom is 0.316 e. The van der Waals surface area contributed by atoms with Gasteiger partial charge < -0.3 is 32.0 Å². The first-order valence-corrected chi connectivity index (χ1v) is 12.8. The predicted octanol–water partition coefficient (Wildman–Crippen LogP) is 2.10. The van der Waals surface area contributed by atoms with Crippen LogP contribution in [0.2, 0.25) is 0 Å². The van der Waals surface area contributed by atoms with Crippen molar-refractivity contribution in [2.45, 2.75) is 63.5 Å². The van der Waals surface area contributed by atoms with E-state index in [1.807, 2.05) is 37.4 Å². The van der Waals surface area contributed by atoms with E-state index in [1.54, 1.807) is 0 Å². The molecular formula is C26H38N6O3. The summed E-state index contributed by atoms with van der Waals surface area (Å²) in [5, 5.41) is 12.5. The van der Waals surface area contributed by atoms with Crippen LogP contribution in [0.3, 0.4) is 0 Å². The molecule has 1 aliphatic carbocycles. The van der Waals surface area contributed by atoms with Crippen LogP contribution in [0.25, 0.3) is 10.9 Å². The van der Waals surface area contributed by atoms with Gasteiger partial charge in [-0.1, -0.05) is 31.5 Å². The van der Waals surface area contributed by atoms with E-state index < -0.39 is 18.1 Å². The Morgan fingerprint density at radius 1 is 1.14 bits per heavy atom. The normalized spacial score (nSPS) is 24.3. The third-order valence-corrected chi connectivity index (χ3v) is 7.56. The Balaban J connectivity index is 1.47. The van der Waals surface area contributed by atoms with Gasteiger partial charge in [0.2, 0.25) is 11.8 Å². The second-order valence-electron chi connectivity index (χ2n) is 10.0. The van der Waals surface area contributed by atoms with Gasteiger partial charge in [0.25, 0.3) is 0 Å². The minimum atomic E-state index is -0.797. The lowest BCUT2D eigenvalue weighted by atomic mass is 9.81. The summed E-state index contributed by atoms with van der Waals surface area (Å²) in [5.41, 5.74) is 7.81. The minimum absolute atomic E-state index is 0.191. The van der Waals surface area contributed by atoms with E-state index in [0.29, 0.717) is 37.9 Å². The van der Waals surface area contributed by atoms with Gasteiger partial charge in [-0.2, -0.15) is 0 Å². The lowest BCUT2D eigenvalue weighted by Crippen LogP contribution is -2.57. The summed E-state index contributed by atoms with van der Waals surface area (Å²) >= 11 is 0. The zero-order valence-corrected chi connectivity index (χ0v) is 20.4. The highest BCUT2D eigenvalue weighted by atomic mass is 16.2. The molecule has 0 radical (unpaired) electrons. The molecule has 7 N–H and O–H groups in total. The number of piperidine rings is 1. The number of carbonyl (C=O) groups excluding carboxylic acids is 3. The van der Waals surface area contributed by atoms with Gasteiger partial charge in [-0.05, 0) is 62.1 Å². The number of H-pyrrole nitrogens is 1. The molecule has 0 bridgehead atoms. The van der Waals surface area contributed by atoms with Crippen molar-refractivity contribution in [1.29, 1.82) is 0 Å². The fourth-order valence-corrected chi connectivity index (χ4v) is 5.48. The molecule has 1 saturated carbocycles. The summed E-state index contributed by atoms with van der Waals surface area (Å²) in [6, 6.07) is 6.01. The number of amides is 4. The Labute approximate surface area is 206 Å². The van der Waals surface area contributed by atoms with Crippen molar-refractivity contribution in [2.75, 3.05) is 19.6 Å². The maximum absolute atomic E-state index is 13.4. The Morgan fingerprint density at radius 3 is 2.74 bits per heavy atom. The number of nitrogens with one attached hydrogen (secondary N) is 5. The van der Waals surface area contributed by atoms with Gasteiger partial charge >= 0.3 is 6.03 Å². The summed E-state index contributed by atoms with van der Waals surface area (Å²) < 4.78 is 0. The fraction of sp³-hybridized carbons (Fsp3) is 0.577. The van der Waals surface area contributed by atoms with Gasteiger partial charge in [0, 0.05) is 36.1 Å². The van der Waals surface area contributed by atoms with Crippen LogP contribution in [0.4, 0.5) is 4.79 Å². The molecule has 4 rings (SSSR count). The molecule has 1 saturated heterocycles. The first-order chi connectivity index (χ1) is 17.0. The fourth-order valence-electron chi connectivity index (χ4n) is 5.48. The van der Waals surface area contributed by atoms with Crippen molar-refractivity contribution in [2.24, 2.45) is 17.6 Å². The number of carbonyl (C=O) groups is 3. The van der Waals surface area contributed by atoms with Gasteiger partial charge in [0.15, 0.2) is 0 Å². The molecule has 2 aliphatic rings. The van der Waals surface area contributed by atoms with Crippen LogP contribution in [0.15, 0.2) is 30.5 Å². The molecule has 2 heterocycles. The number of hydrogen-bond acceptors (Lipinski definition) is 4. The quantitative estimate of drug-likeness (QED) is 0.343. The van der Waals surface area contributed by atoms with Gasteiger partial charge in [-0.3, -0.25) is 9.59 Å². The standard InChI is InChI=1S/C26H38N6O3/c1-16(20-15-29-21-9-3-2-8-19(20)21)23(32-26(35)31-22-10-5-11-28-24(22)33)25(34)30-14-18-7-4-6-17(12-18)13-27/h2-3,8-9,15-18,22-23,29H,4-7,10-14,27H2,1H3,(H,28,33)(H,30,34)(H2,31,32,35)/t16-,17+,18-,22?,23+/m0/s1. The third kappa shape index (κ3) is 6.14. The molecule has 1 unspecified atom stereocenters. The molecule has 1 aliphatic heterocycles. The van der Waals surface area contributed by atoms with Gasteiger partial charge in [-0.25, -0.2) is 4.79 Å². The van der Waals surface area contributed by atoms with E-state index in [2.05, 4.69) is 26.3 Å². The van der Waals surface area contributed by atoms with Gasteiger partial charge in [0.05, 0.1) is 0 Å². The van der Waals surface area contributed by atoms with Crippen LogP contribution in [0.1, 0.15) is 56.9 Å². The highest BCUT2D eigenvalue weighted by molar-refractivity contribution is 5.92. The summed E-state index contributed by atoms with van der Waals surface area (Å²) in [5.74, 6) is 0.201. The third-order valence-electron chi connectivity index (χ3n) is 7.56. The number of aromatic nitrogens is 1. The van der Waals surface area contributed by atoms with Crippen molar-refractivity contribution >= 4 is 28.7 Å². The number of nitrogens with two attached hydrogens (primary N) is 1. The summed E-state index contributed by atoms with van der Waals surface area (Å²) in [6.45, 7) is 3.81. The molecule has 0 spiro atoms. The Morgan fingerprint density at radius 2 is 1.94 bits per heavy atom. The van der Waals surface area contributed by atoms with E-state index in [9.17, 15) is 14.4 Å². The number of para-hydroxylation sites is 1. The summed E-state index contributed by atoms with van der Waals surface area (Å²) in [6.07, 6.45) is 7.65. The topological polar surface area (TPSA) is 141 Å². The SMILES string of the molecule is C[C@@H](c1c[nH]c2ccccc12)[C@@H](NC(=O)NC1CCCNC1=O)C(=O)NC[C@H]1CCC[C@@H](CN)C1. The second-order valence-corrected chi connectivity index (χ2v) is 10.0.